The summed E-state index contributed by atoms with van der Waals surface area (Å²) in [7, 11) is 0. The molecular weight excluding hydrogens is 258 g/mol. The van der Waals surface area contributed by atoms with Crippen LogP contribution >= 0.6 is 0 Å². The van der Waals surface area contributed by atoms with Crippen LogP contribution in [0.15, 0.2) is 47.7 Å². The van der Waals surface area contributed by atoms with Crippen molar-refractivity contribution in [2.75, 3.05) is 19.7 Å². The average molecular weight is 275 g/mol. The maximum absolute atomic E-state index is 12.2. The Morgan fingerprint density at radius 1 is 1.55 bits per heavy atom. The number of rotatable bonds is 7. The first-order valence-electron chi connectivity index (χ1n) is 6.31. The molecule has 0 radical (unpaired) electrons. The van der Waals surface area contributed by atoms with Crippen LogP contribution in [0.25, 0.3) is 0 Å². The second-order valence-corrected chi connectivity index (χ2v) is 4.23. The molecule has 0 bridgehead atoms. The molecule has 0 aliphatic heterocycles. The van der Waals surface area contributed by atoms with Crippen LogP contribution < -0.4 is 0 Å². The molecule has 0 aromatic carbocycles. The zero-order valence-corrected chi connectivity index (χ0v) is 11.1. The van der Waals surface area contributed by atoms with Crippen LogP contribution in [0.3, 0.4) is 0 Å². The molecule has 6 nitrogen and oxygen atoms in total. The summed E-state index contributed by atoms with van der Waals surface area (Å²) in [5.41, 5.74) is 0. The highest BCUT2D eigenvalue weighted by Gasteiger charge is 2.18. The standard InChI is InChI=1S/C14H17N3O3/c1-2-7-16(9-10-18)14(19)13-5-4-12(20-13)11-17-8-3-6-15-17/h2-6,8,18H,1,7,9-11H2. The van der Waals surface area contributed by atoms with E-state index in [0.717, 1.165) is 0 Å². The van der Waals surface area contributed by atoms with Gasteiger partial charge in [0.2, 0.25) is 0 Å². The molecule has 0 saturated heterocycles. The second-order valence-electron chi connectivity index (χ2n) is 4.23. The quantitative estimate of drug-likeness (QED) is 0.769. The number of carbonyl (C=O) groups is 1. The minimum Gasteiger partial charge on any atom is -0.454 e. The molecule has 0 aliphatic rings. The number of nitrogens with zero attached hydrogens (tertiary/aromatic N) is 3. The SMILES string of the molecule is C=CCN(CCO)C(=O)c1ccc(Cn2cccn2)o1. The Balaban J connectivity index is 2.06. The van der Waals surface area contributed by atoms with Crippen molar-refractivity contribution in [3.63, 3.8) is 0 Å². The molecule has 1 N–H and O–H groups in total. The second kappa shape index (κ2) is 6.72. The van der Waals surface area contributed by atoms with Crippen LogP contribution in [0.5, 0.6) is 0 Å². The third-order valence-corrected chi connectivity index (χ3v) is 2.76. The van der Waals surface area contributed by atoms with E-state index in [1.165, 1.54) is 4.90 Å². The van der Waals surface area contributed by atoms with E-state index in [2.05, 4.69) is 11.7 Å². The Morgan fingerprint density at radius 2 is 2.40 bits per heavy atom. The lowest BCUT2D eigenvalue weighted by atomic mass is 10.3. The van der Waals surface area contributed by atoms with E-state index >= 15 is 0 Å². The van der Waals surface area contributed by atoms with Gasteiger partial charge in [0.1, 0.15) is 5.76 Å². The molecule has 1 amide bonds. The minimum absolute atomic E-state index is 0.0968. The highest BCUT2D eigenvalue weighted by molar-refractivity contribution is 5.91. The summed E-state index contributed by atoms with van der Waals surface area (Å²) in [4.78, 5) is 13.7. The topological polar surface area (TPSA) is 71.5 Å². The number of aliphatic hydroxyl groups excluding tert-OH is 1. The molecule has 0 spiro atoms. The largest absolute Gasteiger partial charge is 0.454 e. The fourth-order valence-corrected chi connectivity index (χ4v) is 1.84. The Bertz CT molecular complexity index is 560. The van der Waals surface area contributed by atoms with E-state index in [4.69, 9.17) is 9.52 Å². The van der Waals surface area contributed by atoms with Crippen molar-refractivity contribution in [2.24, 2.45) is 0 Å². The highest BCUT2D eigenvalue weighted by Crippen LogP contribution is 2.12. The summed E-state index contributed by atoms with van der Waals surface area (Å²) in [6, 6.07) is 5.21. The van der Waals surface area contributed by atoms with E-state index < -0.39 is 0 Å². The van der Waals surface area contributed by atoms with Gasteiger partial charge in [-0.3, -0.25) is 9.48 Å². The first-order valence-corrected chi connectivity index (χ1v) is 6.31. The molecule has 0 atom stereocenters. The van der Waals surface area contributed by atoms with Gasteiger partial charge in [0.25, 0.3) is 5.91 Å². The number of aromatic nitrogens is 2. The van der Waals surface area contributed by atoms with Gasteiger partial charge in [0, 0.05) is 25.5 Å². The van der Waals surface area contributed by atoms with Gasteiger partial charge in [0.05, 0.1) is 13.2 Å². The molecule has 2 aromatic rings. The normalized spacial score (nSPS) is 10.4. The number of amides is 1. The van der Waals surface area contributed by atoms with Crippen LogP contribution in [0, 0.1) is 0 Å². The lowest BCUT2D eigenvalue weighted by Crippen LogP contribution is -2.33. The zero-order chi connectivity index (χ0) is 14.4. The molecular formula is C14H17N3O3. The maximum Gasteiger partial charge on any atom is 0.289 e. The molecule has 6 heteroatoms. The summed E-state index contributed by atoms with van der Waals surface area (Å²) in [6.07, 6.45) is 5.11. The summed E-state index contributed by atoms with van der Waals surface area (Å²) < 4.78 is 7.24. The highest BCUT2D eigenvalue weighted by atomic mass is 16.4. The molecule has 20 heavy (non-hydrogen) atoms. The molecule has 0 fully saturated rings. The van der Waals surface area contributed by atoms with Gasteiger partial charge in [0.15, 0.2) is 5.76 Å². The van der Waals surface area contributed by atoms with Gasteiger partial charge in [-0.2, -0.15) is 5.10 Å². The zero-order valence-electron chi connectivity index (χ0n) is 11.1. The van der Waals surface area contributed by atoms with Crippen molar-refractivity contribution in [3.05, 3.63) is 54.8 Å². The van der Waals surface area contributed by atoms with Crippen molar-refractivity contribution in [1.29, 1.82) is 0 Å². The van der Waals surface area contributed by atoms with Crippen molar-refractivity contribution in [2.45, 2.75) is 6.54 Å². The van der Waals surface area contributed by atoms with Gasteiger partial charge in [-0.25, -0.2) is 0 Å². The van der Waals surface area contributed by atoms with E-state index in [9.17, 15) is 4.79 Å². The Hall–Kier alpha value is -2.34. The lowest BCUT2D eigenvalue weighted by Gasteiger charge is -2.18. The van der Waals surface area contributed by atoms with E-state index in [-0.39, 0.29) is 24.8 Å². The fraction of sp³-hybridized carbons (Fsp3) is 0.286. The van der Waals surface area contributed by atoms with Crippen molar-refractivity contribution in [1.82, 2.24) is 14.7 Å². The molecule has 0 unspecified atom stereocenters. The van der Waals surface area contributed by atoms with E-state index in [0.29, 0.717) is 18.8 Å². The number of hydrogen-bond acceptors (Lipinski definition) is 4. The Morgan fingerprint density at radius 3 is 3.05 bits per heavy atom. The lowest BCUT2D eigenvalue weighted by molar-refractivity contribution is 0.0709. The Labute approximate surface area is 116 Å². The van der Waals surface area contributed by atoms with Crippen LogP contribution in [0.4, 0.5) is 0 Å². The monoisotopic (exact) mass is 275 g/mol. The van der Waals surface area contributed by atoms with Crippen LogP contribution in [0.1, 0.15) is 16.3 Å². The van der Waals surface area contributed by atoms with Gasteiger partial charge in [-0.15, -0.1) is 6.58 Å². The number of carbonyl (C=O) groups excluding carboxylic acids is 1. The van der Waals surface area contributed by atoms with Crippen molar-refractivity contribution < 1.29 is 14.3 Å². The third kappa shape index (κ3) is 3.36. The third-order valence-electron chi connectivity index (χ3n) is 2.76. The smallest absolute Gasteiger partial charge is 0.289 e. The summed E-state index contributed by atoms with van der Waals surface area (Å²) in [5, 5.41) is 13.0. The van der Waals surface area contributed by atoms with Crippen LogP contribution in [-0.2, 0) is 6.54 Å². The number of aliphatic hydroxyl groups is 1. The number of furan rings is 1. The van der Waals surface area contributed by atoms with Gasteiger partial charge in [-0.1, -0.05) is 6.08 Å². The predicted molar refractivity (Wildman–Crippen MR) is 73.2 cm³/mol. The van der Waals surface area contributed by atoms with E-state index in [1.54, 1.807) is 29.1 Å². The minimum atomic E-state index is -0.259. The number of hydrogen-bond donors (Lipinski definition) is 1. The molecule has 2 rings (SSSR count). The summed E-state index contributed by atoms with van der Waals surface area (Å²) >= 11 is 0. The molecule has 0 aliphatic carbocycles. The van der Waals surface area contributed by atoms with Crippen molar-refractivity contribution in [3.8, 4) is 0 Å². The Kier molecular flexibility index (Phi) is 4.73. The van der Waals surface area contributed by atoms with Crippen molar-refractivity contribution >= 4 is 5.91 Å². The van der Waals surface area contributed by atoms with Crippen LogP contribution in [0.2, 0.25) is 0 Å². The molecule has 2 heterocycles. The van der Waals surface area contributed by atoms with Gasteiger partial charge in [-0.05, 0) is 18.2 Å². The average Bonchev–Trinajstić information content (AvgIpc) is 3.10. The molecule has 2 aromatic heterocycles. The first-order chi connectivity index (χ1) is 9.74. The van der Waals surface area contributed by atoms with Gasteiger partial charge < -0.3 is 14.4 Å². The first kappa shape index (κ1) is 14.1. The maximum atomic E-state index is 12.2. The molecule has 106 valence electrons. The predicted octanol–water partition coefficient (Wildman–Crippen LogP) is 1.14. The van der Waals surface area contributed by atoms with Gasteiger partial charge >= 0.3 is 0 Å². The van der Waals surface area contributed by atoms with E-state index in [1.807, 2.05) is 12.3 Å². The molecule has 0 saturated carbocycles. The fourth-order valence-electron chi connectivity index (χ4n) is 1.84. The van der Waals surface area contributed by atoms with Crippen LogP contribution in [-0.4, -0.2) is 45.4 Å². The summed E-state index contributed by atoms with van der Waals surface area (Å²) in [5.74, 6) is 0.646. The summed E-state index contributed by atoms with van der Waals surface area (Å²) in [6.45, 7) is 4.59.